The second-order valence-electron chi connectivity index (χ2n) is 5.94. The van der Waals surface area contributed by atoms with Gasteiger partial charge in [-0.1, -0.05) is 36.0 Å². The van der Waals surface area contributed by atoms with Crippen LogP contribution in [-0.2, 0) is 9.59 Å². The molecule has 0 saturated carbocycles. The summed E-state index contributed by atoms with van der Waals surface area (Å²) in [5.41, 5.74) is 2.49. The number of hydrogen-bond acceptors (Lipinski definition) is 5. The van der Waals surface area contributed by atoms with Crippen molar-refractivity contribution in [1.29, 1.82) is 0 Å². The third-order valence-corrected chi connectivity index (χ3v) is 6.37. The molecule has 1 N–H and O–H groups in total. The molecule has 3 aromatic rings. The largest absolute Gasteiger partial charge is 0.323 e. The first-order chi connectivity index (χ1) is 12.7. The van der Waals surface area contributed by atoms with Gasteiger partial charge in [0.15, 0.2) is 4.34 Å². The van der Waals surface area contributed by atoms with Gasteiger partial charge in [0.05, 0.1) is 21.6 Å². The molecule has 2 aromatic carbocycles. The minimum absolute atomic E-state index is 0.0165. The number of fused-ring (bicyclic) bond motifs is 2. The van der Waals surface area contributed by atoms with Crippen LogP contribution in [0.5, 0.6) is 0 Å². The summed E-state index contributed by atoms with van der Waals surface area (Å²) in [6.45, 7) is 0.0842. The zero-order chi connectivity index (χ0) is 17.9. The van der Waals surface area contributed by atoms with Gasteiger partial charge < -0.3 is 10.2 Å². The van der Waals surface area contributed by atoms with E-state index in [2.05, 4.69) is 16.4 Å². The molecule has 7 heteroatoms. The first-order valence-corrected chi connectivity index (χ1v) is 10.2. The summed E-state index contributed by atoms with van der Waals surface area (Å²) in [4.78, 5) is 30.6. The van der Waals surface area contributed by atoms with E-state index in [-0.39, 0.29) is 18.4 Å². The van der Waals surface area contributed by atoms with Crippen LogP contribution in [0.25, 0.3) is 10.2 Å². The molecular formula is C19H17N3O2S2. The molecule has 0 unspecified atom stereocenters. The minimum Gasteiger partial charge on any atom is -0.323 e. The van der Waals surface area contributed by atoms with E-state index in [0.717, 1.165) is 27.7 Å². The van der Waals surface area contributed by atoms with E-state index in [4.69, 9.17) is 0 Å². The molecule has 1 aromatic heterocycles. The molecule has 132 valence electrons. The summed E-state index contributed by atoms with van der Waals surface area (Å²) in [6, 6.07) is 15.5. The highest BCUT2D eigenvalue weighted by Gasteiger charge is 2.25. The molecule has 0 spiro atoms. The highest BCUT2D eigenvalue weighted by Crippen LogP contribution is 2.31. The molecule has 0 saturated heterocycles. The zero-order valence-corrected chi connectivity index (χ0v) is 15.6. The first kappa shape index (κ1) is 17.1. The summed E-state index contributed by atoms with van der Waals surface area (Å²) in [5.74, 6) is 0.658. The Morgan fingerprint density at radius 2 is 2.00 bits per heavy atom. The van der Waals surface area contributed by atoms with Crippen LogP contribution in [0.15, 0.2) is 52.9 Å². The summed E-state index contributed by atoms with van der Waals surface area (Å²) in [7, 11) is 0. The molecule has 4 rings (SSSR count). The number of carbonyl (C=O) groups is 2. The molecule has 2 heterocycles. The molecule has 1 aliphatic rings. The van der Waals surface area contributed by atoms with Crippen molar-refractivity contribution >= 4 is 56.5 Å². The van der Waals surface area contributed by atoms with Gasteiger partial charge in [-0.2, -0.15) is 0 Å². The van der Waals surface area contributed by atoms with Gasteiger partial charge in [-0.05, 0) is 30.7 Å². The molecule has 0 fully saturated rings. The number of rotatable bonds is 5. The van der Waals surface area contributed by atoms with E-state index in [1.54, 1.807) is 28.0 Å². The topological polar surface area (TPSA) is 62.3 Å². The zero-order valence-electron chi connectivity index (χ0n) is 14.0. The Morgan fingerprint density at radius 3 is 2.88 bits per heavy atom. The number of thiazole rings is 1. The number of nitrogens with one attached hydrogen (secondary N) is 1. The normalized spacial score (nSPS) is 13.5. The Morgan fingerprint density at radius 1 is 1.19 bits per heavy atom. The van der Waals surface area contributed by atoms with Crippen LogP contribution < -0.4 is 10.2 Å². The molecule has 1 aliphatic heterocycles. The standard InChI is InChI=1S/C19H17N3O2S2/c23-17-12-22(15-8-3-1-6-13(15)20-17)18(24)10-5-11-25-19-21-14-7-2-4-9-16(14)26-19/h1-4,6-9H,5,10-12H2,(H,20,23). The van der Waals surface area contributed by atoms with E-state index >= 15 is 0 Å². The van der Waals surface area contributed by atoms with Crippen molar-refractivity contribution in [3.63, 3.8) is 0 Å². The first-order valence-electron chi connectivity index (χ1n) is 8.38. The maximum atomic E-state index is 12.6. The maximum Gasteiger partial charge on any atom is 0.244 e. The number of para-hydroxylation sites is 3. The highest BCUT2D eigenvalue weighted by atomic mass is 32.2. The van der Waals surface area contributed by atoms with Crippen molar-refractivity contribution in [3.05, 3.63) is 48.5 Å². The maximum absolute atomic E-state index is 12.6. The molecule has 0 bridgehead atoms. The second kappa shape index (κ2) is 7.47. The average Bonchev–Trinajstić information content (AvgIpc) is 3.07. The fourth-order valence-corrected chi connectivity index (χ4v) is 4.96. The molecule has 0 atom stereocenters. The lowest BCUT2D eigenvalue weighted by atomic mass is 10.1. The van der Waals surface area contributed by atoms with E-state index < -0.39 is 0 Å². The van der Waals surface area contributed by atoms with Gasteiger partial charge in [0.2, 0.25) is 11.8 Å². The van der Waals surface area contributed by atoms with Gasteiger partial charge in [0.1, 0.15) is 6.54 Å². The highest BCUT2D eigenvalue weighted by molar-refractivity contribution is 8.01. The number of benzene rings is 2. The lowest BCUT2D eigenvalue weighted by Gasteiger charge is -2.29. The Kier molecular flexibility index (Phi) is 4.90. The van der Waals surface area contributed by atoms with E-state index in [1.165, 1.54) is 4.70 Å². The van der Waals surface area contributed by atoms with Gasteiger partial charge >= 0.3 is 0 Å². The number of aromatic nitrogens is 1. The number of amides is 2. The van der Waals surface area contributed by atoms with Gasteiger partial charge in [-0.15, -0.1) is 11.3 Å². The predicted molar refractivity (Wildman–Crippen MR) is 107 cm³/mol. The number of hydrogen-bond donors (Lipinski definition) is 1. The van der Waals surface area contributed by atoms with Crippen LogP contribution in [0.4, 0.5) is 11.4 Å². The molecule has 0 aliphatic carbocycles. The van der Waals surface area contributed by atoms with Gasteiger partial charge in [-0.3, -0.25) is 9.59 Å². The lowest BCUT2D eigenvalue weighted by Crippen LogP contribution is -2.42. The number of carbonyl (C=O) groups excluding carboxylic acids is 2. The fraction of sp³-hybridized carbons (Fsp3) is 0.211. The van der Waals surface area contributed by atoms with E-state index in [9.17, 15) is 9.59 Å². The monoisotopic (exact) mass is 383 g/mol. The molecule has 0 radical (unpaired) electrons. The van der Waals surface area contributed by atoms with Crippen LogP contribution in [0, 0.1) is 0 Å². The van der Waals surface area contributed by atoms with Crippen molar-refractivity contribution in [2.45, 2.75) is 17.2 Å². The minimum atomic E-state index is -0.152. The molecular weight excluding hydrogens is 366 g/mol. The van der Waals surface area contributed by atoms with Crippen molar-refractivity contribution in [3.8, 4) is 0 Å². The number of nitrogens with zero attached hydrogens (tertiary/aromatic N) is 2. The van der Waals surface area contributed by atoms with Crippen LogP contribution >= 0.6 is 23.1 Å². The van der Waals surface area contributed by atoms with Crippen molar-refractivity contribution < 1.29 is 9.59 Å². The quantitative estimate of drug-likeness (QED) is 0.531. The molecule has 5 nitrogen and oxygen atoms in total. The van der Waals surface area contributed by atoms with Gasteiger partial charge in [0, 0.05) is 12.2 Å². The Balaban J connectivity index is 1.33. The predicted octanol–water partition coefficient (Wildman–Crippen LogP) is 4.15. The van der Waals surface area contributed by atoms with Crippen molar-refractivity contribution in [2.75, 3.05) is 22.5 Å². The Hall–Kier alpha value is -2.38. The van der Waals surface area contributed by atoms with E-state index in [0.29, 0.717) is 12.1 Å². The van der Waals surface area contributed by atoms with Crippen molar-refractivity contribution in [2.24, 2.45) is 0 Å². The Bertz CT molecular complexity index is 937. The number of anilines is 2. The van der Waals surface area contributed by atoms with E-state index in [1.807, 2.05) is 42.5 Å². The summed E-state index contributed by atoms with van der Waals surface area (Å²) in [6.07, 6.45) is 1.17. The second-order valence-corrected chi connectivity index (χ2v) is 8.32. The van der Waals surface area contributed by atoms with Crippen LogP contribution in [0.3, 0.4) is 0 Å². The van der Waals surface area contributed by atoms with Gasteiger partial charge in [0.25, 0.3) is 0 Å². The fourth-order valence-electron chi connectivity index (χ4n) is 2.89. The average molecular weight is 383 g/mol. The van der Waals surface area contributed by atoms with Crippen molar-refractivity contribution in [1.82, 2.24) is 4.98 Å². The summed E-state index contributed by atoms with van der Waals surface area (Å²) < 4.78 is 2.21. The lowest BCUT2D eigenvalue weighted by molar-refractivity contribution is -0.121. The molecule has 2 amide bonds. The molecule has 26 heavy (non-hydrogen) atoms. The third kappa shape index (κ3) is 3.59. The smallest absolute Gasteiger partial charge is 0.244 e. The van der Waals surface area contributed by atoms with Gasteiger partial charge in [-0.25, -0.2) is 4.98 Å². The van der Waals surface area contributed by atoms with Crippen LogP contribution in [0.2, 0.25) is 0 Å². The Labute approximate surface area is 159 Å². The van der Waals surface area contributed by atoms with Crippen LogP contribution in [0.1, 0.15) is 12.8 Å². The SMILES string of the molecule is O=C1CN(C(=O)CCCSc2nc3ccccc3s2)c2ccccc2N1. The third-order valence-electron chi connectivity index (χ3n) is 4.11. The van der Waals surface area contributed by atoms with Crippen LogP contribution in [-0.4, -0.2) is 29.1 Å². The summed E-state index contributed by atoms with van der Waals surface area (Å²) in [5, 5.41) is 2.80. The summed E-state index contributed by atoms with van der Waals surface area (Å²) >= 11 is 3.36. The number of thioether (sulfide) groups is 1.